The molecule has 1 aliphatic rings. The van der Waals surface area contributed by atoms with Crippen molar-refractivity contribution in [1.29, 1.82) is 0 Å². The number of methoxy groups -OCH3 is 1. The summed E-state index contributed by atoms with van der Waals surface area (Å²) in [4.78, 5) is 28.1. The molecule has 0 aliphatic carbocycles. The van der Waals surface area contributed by atoms with Gasteiger partial charge in [-0.05, 0) is 24.3 Å². The van der Waals surface area contributed by atoms with E-state index in [2.05, 4.69) is 25.2 Å². The van der Waals surface area contributed by atoms with Crippen molar-refractivity contribution in [2.24, 2.45) is 4.99 Å². The van der Waals surface area contributed by atoms with Crippen LogP contribution in [0.1, 0.15) is 22.3 Å². The molecule has 1 aliphatic heterocycles. The van der Waals surface area contributed by atoms with Gasteiger partial charge in [-0.25, -0.2) is 4.79 Å². The first-order valence-electron chi connectivity index (χ1n) is 6.54. The van der Waals surface area contributed by atoms with Gasteiger partial charge in [-0.3, -0.25) is 9.79 Å². The molecule has 0 radical (unpaired) electrons. The van der Waals surface area contributed by atoms with Crippen molar-refractivity contribution in [3.05, 3.63) is 47.8 Å². The molecule has 110 valence electrons. The van der Waals surface area contributed by atoms with Gasteiger partial charge in [0.05, 0.1) is 48.6 Å². The molecular weight excluding hydrogens is 284 g/mol. The maximum Gasteiger partial charge on any atom is 0.337 e. The van der Waals surface area contributed by atoms with E-state index < -0.39 is 5.97 Å². The molecule has 1 aromatic heterocycles. The summed E-state index contributed by atoms with van der Waals surface area (Å²) in [5.74, 6) is -0.680. The summed E-state index contributed by atoms with van der Waals surface area (Å²) in [7, 11) is 1.30. The van der Waals surface area contributed by atoms with Crippen LogP contribution < -0.4 is 5.32 Å². The fourth-order valence-electron chi connectivity index (χ4n) is 2.14. The summed E-state index contributed by atoms with van der Waals surface area (Å²) in [6.45, 7) is 0. The van der Waals surface area contributed by atoms with Gasteiger partial charge < -0.3 is 10.1 Å². The number of fused-ring (bicyclic) bond motifs is 1. The average Bonchev–Trinajstić information content (AvgIpc) is 2.72. The molecule has 0 saturated heterocycles. The van der Waals surface area contributed by atoms with Gasteiger partial charge in [0.25, 0.3) is 0 Å². The zero-order valence-corrected chi connectivity index (χ0v) is 11.7. The predicted molar refractivity (Wildman–Crippen MR) is 79.3 cm³/mol. The molecule has 0 saturated carbocycles. The second kappa shape index (κ2) is 5.72. The fourth-order valence-corrected chi connectivity index (χ4v) is 2.14. The van der Waals surface area contributed by atoms with Gasteiger partial charge in [0.2, 0.25) is 5.91 Å². The van der Waals surface area contributed by atoms with Crippen molar-refractivity contribution in [2.45, 2.75) is 6.42 Å². The van der Waals surface area contributed by atoms with Crippen LogP contribution in [-0.2, 0) is 9.53 Å². The number of hydrogen-bond acceptors (Lipinski definition) is 6. The molecule has 1 amide bonds. The van der Waals surface area contributed by atoms with E-state index in [9.17, 15) is 9.59 Å². The van der Waals surface area contributed by atoms with Crippen LogP contribution in [0.3, 0.4) is 0 Å². The van der Waals surface area contributed by atoms with E-state index in [1.807, 2.05) is 0 Å². The Bertz CT molecular complexity index is 772. The Morgan fingerprint density at radius 2 is 2.14 bits per heavy atom. The lowest BCUT2D eigenvalue weighted by atomic mass is 10.1. The number of carbonyl (C=O) groups is 2. The first-order valence-corrected chi connectivity index (χ1v) is 6.54. The topological polar surface area (TPSA) is 93.5 Å². The molecule has 0 unspecified atom stereocenters. The summed E-state index contributed by atoms with van der Waals surface area (Å²) < 4.78 is 4.67. The lowest BCUT2D eigenvalue weighted by Crippen LogP contribution is -2.15. The molecule has 0 spiro atoms. The van der Waals surface area contributed by atoms with Crippen LogP contribution in [0.5, 0.6) is 0 Å². The van der Waals surface area contributed by atoms with Gasteiger partial charge in [-0.2, -0.15) is 10.2 Å². The number of hydrogen-bond donors (Lipinski definition) is 1. The van der Waals surface area contributed by atoms with E-state index in [0.717, 1.165) is 5.56 Å². The molecule has 1 aromatic carbocycles. The van der Waals surface area contributed by atoms with Crippen LogP contribution in [0, 0.1) is 0 Å². The Morgan fingerprint density at radius 1 is 1.27 bits per heavy atom. The molecular formula is C15H12N4O3. The lowest BCUT2D eigenvalue weighted by Gasteiger charge is -2.06. The third kappa shape index (κ3) is 2.69. The minimum Gasteiger partial charge on any atom is -0.465 e. The third-order valence-corrected chi connectivity index (χ3v) is 3.19. The van der Waals surface area contributed by atoms with Crippen molar-refractivity contribution < 1.29 is 14.3 Å². The van der Waals surface area contributed by atoms with Gasteiger partial charge in [0.1, 0.15) is 0 Å². The number of ether oxygens (including phenoxy) is 1. The van der Waals surface area contributed by atoms with Crippen LogP contribution >= 0.6 is 0 Å². The highest BCUT2D eigenvalue weighted by Gasteiger charge is 2.19. The maximum absolute atomic E-state index is 12.0. The first-order chi connectivity index (χ1) is 10.7. The molecule has 7 nitrogen and oxygen atoms in total. The predicted octanol–water partition coefficient (Wildman–Crippen LogP) is 1.73. The zero-order valence-electron chi connectivity index (χ0n) is 11.7. The minimum absolute atomic E-state index is 0.119. The first kappa shape index (κ1) is 13.9. The smallest absolute Gasteiger partial charge is 0.337 e. The highest BCUT2D eigenvalue weighted by atomic mass is 16.5. The Morgan fingerprint density at radius 3 is 2.86 bits per heavy atom. The zero-order chi connectivity index (χ0) is 15.5. The Labute approximate surface area is 126 Å². The average molecular weight is 296 g/mol. The van der Waals surface area contributed by atoms with Gasteiger partial charge in [0, 0.05) is 5.56 Å². The number of amides is 1. The number of aliphatic imine (C=N–C) groups is 1. The molecule has 2 aromatic rings. The van der Waals surface area contributed by atoms with Gasteiger partial charge in [0.15, 0.2) is 0 Å². The highest BCUT2D eigenvalue weighted by Crippen LogP contribution is 2.30. The van der Waals surface area contributed by atoms with Crippen molar-refractivity contribution >= 4 is 29.0 Å². The van der Waals surface area contributed by atoms with Gasteiger partial charge in [-0.1, -0.05) is 0 Å². The summed E-state index contributed by atoms with van der Waals surface area (Å²) in [6.07, 6.45) is 3.22. The molecule has 3 rings (SSSR count). The largest absolute Gasteiger partial charge is 0.465 e. The van der Waals surface area contributed by atoms with E-state index >= 15 is 0 Å². The fraction of sp³-hybridized carbons (Fsp3) is 0.133. The van der Waals surface area contributed by atoms with E-state index in [4.69, 9.17) is 0 Å². The molecule has 0 bridgehead atoms. The van der Waals surface area contributed by atoms with Crippen LogP contribution in [0.25, 0.3) is 0 Å². The van der Waals surface area contributed by atoms with E-state index in [0.29, 0.717) is 22.6 Å². The number of nitrogens with one attached hydrogen (secondary N) is 1. The minimum atomic E-state index is -0.469. The molecule has 0 fully saturated rings. The molecule has 2 heterocycles. The summed E-state index contributed by atoms with van der Waals surface area (Å²) >= 11 is 0. The molecule has 22 heavy (non-hydrogen) atoms. The number of aromatic nitrogens is 2. The van der Waals surface area contributed by atoms with Crippen molar-refractivity contribution in [1.82, 2.24) is 10.2 Å². The third-order valence-electron chi connectivity index (χ3n) is 3.19. The molecule has 7 heteroatoms. The number of benzene rings is 1. The Kier molecular flexibility index (Phi) is 3.61. The van der Waals surface area contributed by atoms with Crippen molar-refractivity contribution in [2.75, 3.05) is 12.4 Å². The monoisotopic (exact) mass is 296 g/mol. The lowest BCUT2D eigenvalue weighted by molar-refractivity contribution is -0.115. The molecule has 1 N–H and O–H groups in total. The SMILES string of the molecule is COC(=O)c1ccc2c(c1)NC(=O)CC(c1ccnnc1)=N2. The van der Waals surface area contributed by atoms with Crippen LogP contribution in [0.4, 0.5) is 11.4 Å². The summed E-state index contributed by atoms with van der Waals surface area (Å²) in [5.41, 5.74) is 2.73. The number of anilines is 1. The quantitative estimate of drug-likeness (QED) is 0.852. The van der Waals surface area contributed by atoms with Crippen LogP contribution in [0.2, 0.25) is 0 Å². The Balaban J connectivity index is 2.06. The summed E-state index contributed by atoms with van der Waals surface area (Å²) in [5, 5.41) is 10.3. The number of rotatable bonds is 2. The summed E-state index contributed by atoms with van der Waals surface area (Å²) in [6, 6.07) is 6.57. The van der Waals surface area contributed by atoms with Crippen LogP contribution in [0.15, 0.2) is 41.7 Å². The van der Waals surface area contributed by atoms with Gasteiger partial charge >= 0.3 is 5.97 Å². The van der Waals surface area contributed by atoms with Crippen LogP contribution in [-0.4, -0.2) is 34.9 Å². The number of carbonyl (C=O) groups excluding carboxylic acids is 2. The van der Waals surface area contributed by atoms with Gasteiger partial charge in [-0.15, -0.1) is 0 Å². The normalized spacial score (nSPS) is 13.5. The standard InChI is InChI=1S/C15H12N4O3/c1-22-15(21)9-2-3-11-13(6-9)19-14(20)7-12(18-11)10-4-5-16-17-8-10/h2-6,8H,7H2,1H3,(H,19,20). The second-order valence-electron chi connectivity index (χ2n) is 4.64. The highest BCUT2D eigenvalue weighted by molar-refractivity contribution is 6.17. The van der Waals surface area contributed by atoms with E-state index in [1.54, 1.807) is 36.7 Å². The molecule has 0 atom stereocenters. The number of nitrogens with zero attached hydrogens (tertiary/aromatic N) is 3. The van der Waals surface area contributed by atoms with Crippen molar-refractivity contribution in [3.8, 4) is 0 Å². The van der Waals surface area contributed by atoms with Crippen molar-refractivity contribution in [3.63, 3.8) is 0 Å². The second-order valence-corrected chi connectivity index (χ2v) is 4.64. The Hall–Kier alpha value is -3.09. The maximum atomic E-state index is 12.0. The van der Waals surface area contributed by atoms with E-state index in [-0.39, 0.29) is 12.3 Å². The number of esters is 1. The van der Waals surface area contributed by atoms with E-state index in [1.165, 1.54) is 7.11 Å².